The van der Waals surface area contributed by atoms with Gasteiger partial charge in [0, 0.05) is 27.8 Å². The Labute approximate surface area is 160 Å². The Morgan fingerprint density at radius 1 is 1.00 bits per heavy atom. The second-order valence-electron chi connectivity index (χ2n) is 5.44. The first-order valence-corrected chi connectivity index (χ1v) is 8.44. The van der Waals surface area contributed by atoms with Crippen molar-refractivity contribution in [1.82, 2.24) is 5.32 Å². The fourth-order valence-corrected chi connectivity index (χ4v) is 2.53. The summed E-state index contributed by atoms with van der Waals surface area (Å²) in [5.74, 6) is -1.63. The number of carbonyl (C=O) groups is 3. The Bertz CT molecular complexity index is 822. The smallest absolute Gasteiger partial charge is 0.305 e. The highest BCUT2D eigenvalue weighted by molar-refractivity contribution is 6.33. The standard InChI is InChI=1S/C18H16Cl2N2O4/c19-13-3-6-15(20)12(9-13)10-16(23)22-14-4-1-11(2-5-14)18(26)21-8-7-17(24)25/h1-6,9H,7-8,10H2,(H,21,26)(H,22,23)(H,24,25). The van der Waals surface area contributed by atoms with Crippen LogP contribution in [0.2, 0.25) is 10.0 Å². The molecule has 26 heavy (non-hydrogen) atoms. The highest BCUT2D eigenvalue weighted by Gasteiger charge is 2.10. The van der Waals surface area contributed by atoms with Crippen LogP contribution < -0.4 is 10.6 Å². The van der Waals surface area contributed by atoms with Gasteiger partial charge in [0.05, 0.1) is 12.8 Å². The topological polar surface area (TPSA) is 95.5 Å². The number of halogens is 2. The molecule has 3 N–H and O–H groups in total. The SMILES string of the molecule is O=C(O)CCNC(=O)c1ccc(NC(=O)Cc2cc(Cl)ccc2Cl)cc1. The van der Waals surface area contributed by atoms with Crippen LogP contribution in [-0.4, -0.2) is 29.4 Å². The molecule has 0 aliphatic heterocycles. The van der Waals surface area contributed by atoms with Gasteiger partial charge in [-0.05, 0) is 48.0 Å². The van der Waals surface area contributed by atoms with Gasteiger partial charge in [-0.3, -0.25) is 14.4 Å². The van der Waals surface area contributed by atoms with E-state index in [1.807, 2.05) is 0 Å². The van der Waals surface area contributed by atoms with E-state index in [-0.39, 0.29) is 31.2 Å². The van der Waals surface area contributed by atoms with Crippen molar-refractivity contribution in [3.05, 3.63) is 63.6 Å². The van der Waals surface area contributed by atoms with Crippen LogP contribution >= 0.6 is 23.2 Å². The maximum atomic E-state index is 12.1. The first-order valence-electron chi connectivity index (χ1n) is 7.69. The molecule has 2 aromatic carbocycles. The van der Waals surface area contributed by atoms with Crippen molar-refractivity contribution in [3.8, 4) is 0 Å². The van der Waals surface area contributed by atoms with E-state index in [4.69, 9.17) is 28.3 Å². The number of amides is 2. The average molecular weight is 395 g/mol. The molecule has 0 atom stereocenters. The number of anilines is 1. The number of rotatable bonds is 7. The van der Waals surface area contributed by atoms with Gasteiger partial charge in [-0.25, -0.2) is 0 Å². The van der Waals surface area contributed by atoms with Crippen LogP contribution in [0.15, 0.2) is 42.5 Å². The Kier molecular flexibility index (Phi) is 7.00. The minimum atomic E-state index is -0.983. The zero-order chi connectivity index (χ0) is 19.1. The van der Waals surface area contributed by atoms with Crippen molar-refractivity contribution < 1.29 is 19.5 Å². The fraction of sp³-hybridized carbons (Fsp3) is 0.167. The second-order valence-corrected chi connectivity index (χ2v) is 6.28. The summed E-state index contributed by atoms with van der Waals surface area (Å²) >= 11 is 11.9. The van der Waals surface area contributed by atoms with Gasteiger partial charge < -0.3 is 15.7 Å². The predicted molar refractivity (Wildman–Crippen MR) is 99.8 cm³/mol. The fourth-order valence-electron chi connectivity index (χ4n) is 2.15. The molecule has 2 rings (SSSR count). The van der Waals surface area contributed by atoms with E-state index in [1.165, 1.54) is 12.1 Å². The summed E-state index contributed by atoms with van der Waals surface area (Å²) in [6.07, 6.45) is -0.0806. The minimum Gasteiger partial charge on any atom is -0.481 e. The number of aliphatic carboxylic acids is 1. The van der Waals surface area contributed by atoms with Gasteiger partial charge in [-0.15, -0.1) is 0 Å². The first kappa shape index (κ1) is 19.8. The molecule has 0 aromatic heterocycles. The normalized spacial score (nSPS) is 10.2. The number of nitrogens with one attached hydrogen (secondary N) is 2. The van der Waals surface area contributed by atoms with E-state index in [1.54, 1.807) is 30.3 Å². The first-order chi connectivity index (χ1) is 12.3. The van der Waals surface area contributed by atoms with Crippen LogP contribution in [0.5, 0.6) is 0 Å². The summed E-state index contributed by atoms with van der Waals surface area (Å²) in [6, 6.07) is 11.2. The number of hydrogen-bond donors (Lipinski definition) is 3. The lowest BCUT2D eigenvalue weighted by molar-refractivity contribution is -0.136. The van der Waals surface area contributed by atoms with Crippen molar-refractivity contribution in [2.45, 2.75) is 12.8 Å². The molecule has 136 valence electrons. The highest BCUT2D eigenvalue weighted by atomic mass is 35.5. The number of carboxylic acid groups (broad SMARTS) is 1. The van der Waals surface area contributed by atoms with Gasteiger partial charge >= 0.3 is 5.97 Å². The van der Waals surface area contributed by atoms with E-state index < -0.39 is 5.97 Å². The van der Waals surface area contributed by atoms with Crippen LogP contribution in [0.1, 0.15) is 22.3 Å². The Morgan fingerprint density at radius 2 is 1.69 bits per heavy atom. The van der Waals surface area contributed by atoms with Crippen LogP contribution in [0, 0.1) is 0 Å². The third-order valence-corrected chi connectivity index (χ3v) is 4.02. The molecular formula is C18H16Cl2N2O4. The lowest BCUT2D eigenvalue weighted by Gasteiger charge is -2.08. The van der Waals surface area contributed by atoms with Crippen molar-refractivity contribution in [1.29, 1.82) is 0 Å². The summed E-state index contributed by atoms with van der Waals surface area (Å²) in [7, 11) is 0. The summed E-state index contributed by atoms with van der Waals surface area (Å²) < 4.78 is 0. The number of carbonyl (C=O) groups excluding carboxylic acids is 2. The molecule has 2 amide bonds. The molecule has 0 radical (unpaired) electrons. The largest absolute Gasteiger partial charge is 0.481 e. The summed E-state index contributed by atoms with van der Waals surface area (Å²) in [4.78, 5) is 34.4. The van der Waals surface area contributed by atoms with Gasteiger partial charge in [0.2, 0.25) is 5.91 Å². The molecule has 8 heteroatoms. The molecule has 0 bridgehead atoms. The molecule has 0 saturated carbocycles. The van der Waals surface area contributed by atoms with E-state index >= 15 is 0 Å². The summed E-state index contributed by atoms with van der Waals surface area (Å²) in [6.45, 7) is 0.0487. The molecule has 0 heterocycles. The minimum absolute atomic E-state index is 0.0487. The molecule has 0 unspecified atom stereocenters. The zero-order valence-electron chi connectivity index (χ0n) is 13.6. The average Bonchev–Trinajstić information content (AvgIpc) is 2.58. The third-order valence-electron chi connectivity index (χ3n) is 3.41. The Balaban J connectivity index is 1.92. The van der Waals surface area contributed by atoms with Gasteiger partial charge in [-0.2, -0.15) is 0 Å². The number of carboxylic acids is 1. The second kappa shape index (κ2) is 9.22. The van der Waals surface area contributed by atoms with E-state index in [0.29, 0.717) is 26.9 Å². The summed E-state index contributed by atoms with van der Waals surface area (Å²) in [5.41, 5.74) is 1.51. The van der Waals surface area contributed by atoms with Crippen molar-refractivity contribution in [2.75, 3.05) is 11.9 Å². The Hall–Kier alpha value is -2.57. The maximum absolute atomic E-state index is 12.1. The van der Waals surface area contributed by atoms with Gasteiger partial charge in [0.25, 0.3) is 5.91 Å². The van der Waals surface area contributed by atoms with E-state index in [2.05, 4.69) is 10.6 Å². The number of hydrogen-bond acceptors (Lipinski definition) is 3. The highest BCUT2D eigenvalue weighted by Crippen LogP contribution is 2.21. The van der Waals surface area contributed by atoms with Crippen molar-refractivity contribution in [3.63, 3.8) is 0 Å². The zero-order valence-corrected chi connectivity index (χ0v) is 15.1. The van der Waals surface area contributed by atoms with Crippen LogP contribution in [0.4, 0.5) is 5.69 Å². The molecule has 0 aliphatic rings. The van der Waals surface area contributed by atoms with Gasteiger partial charge in [0.15, 0.2) is 0 Å². The predicted octanol–water partition coefficient (Wildman–Crippen LogP) is 3.38. The molecule has 0 fully saturated rings. The maximum Gasteiger partial charge on any atom is 0.305 e. The van der Waals surface area contributed by atoms with E-state index in [9.17, 15) is 14.4 Å². The van der Waals surface area contributed by atoms with Crippen LogP contribution in [0.3, 0.4) is 0 Å². The lowest BCUT2D eigenvalue weighted by Crippen LogP contribution is -2.26. The van der Waals surface area contributed by atoms with E-state index in [0.717, 1.165) is 0 Å². The summed E-state index contributed by atoms with van der Waals surface area (Å²) in [5, 5.41) is 14.7. The van der Waals surface area contributed by atoms with Gasteiger partial charge in [0.1, 0.15) is 0 Å². The van der Waals surface area contributed by atoms with Crippen molar-refractivity contribution in [2.24, 2.45) is 0 Å². The number of benzene rings is 2. The molecule has 2 aromatic rings. The molecule has 0 saturated heterocycles. The quantitative estimate of drug-likeness (QED) is 0.670. The lowest BCUT2D eigenvalue weighted by atomic mass is 10.1. The molecule has 6 nitrogen and oxygen atoms in total. The molecule has 0 spiro atoms. The van der Waals surface area contributed by atoms with Gasteiger partial charge in [-0.1, -0.05) is 23.2 Å². The Morgan fingerprint density at radius 3 is 2.35 bits per heavy atom. The molecule has 0 aliphatic carbocycles. The van der Waals surface area contributed by atoms with Crippen molar-refractivity contribution >= 4 is 46.7 Å². The van der Waals surface area contributed by atoms with Crippen LogP contribution in [0.25, 0.3) is 0 Å². The third kappa shape index (κ3) is 6.06. The van der Waals surface area contributed by atoms with Crippen LogP contribution in [-0.2, 0) is 16.0 Å². The molecular weight excluding hydrogens is 379 g/mol. The monoisotopic (exact) mass is 394 g/mol.